The summed E-state index contributed by atoms with van der Waals surface area (Å²) in [6.45, 7) is 15.1. The summed E-state index contributed by atoms with van der Waals surface area (Å²) >= 11 is 0. The summed E-state index contributed by atoms with van der Waals surface area (Å²) in [5, 5.41) is 10.2. The van der Waals surface area contributed by atoms with E-state index in [1.165, 1.54) is 51.8 Å². The number of hydrogen-bond acceptors (Lipinski definition) is 1. The maximum atomic E-state index is 10.2. The lowest BCUT2D eigenvalue weighted by molar-refractivity contribution is -0.956. The van der Waals surface area contributed by atoms with Gasteiger partial charge in [-0.2, -0.15) is 0 Å². The van der Waals surface area contributed by atoms with E-state index in [4.69, 9.17) is 0 Å². The second-order valence-corrected chi connectivity index (χ2v) is 10.4. The number of phenols is 1. The Balaban J connectivity index is 1.70. The third-order valence-electron chi connectivity index (χ3n) is 8.29. The summed E-state index contributed by atoms with van der Waals surface area (Å²) in [5.41, 5.74) is 7.25. The van der Waals surface area contributed by atoms with Crippen molar-refractivity contribution in [3.05, 3.63) is 76.4 Å². The topological polar surface area (TPSA) is 20.2 Å². The summed E-state index contributed by atoms with van der Waals surface area (Å²) < 4.78 is 1.19. The lowest BCUT2D eigenvalue weighted by atomic mass is 9.58. The monoisotopic (exact) mass is 404 g/mol. The van der Waals surface area contributed by atoms with Gasteiger partial charge in [-0.1, -0.05) is 55.3 Å². The number of aryl methyl sites for hydroxylation is 1. The molecule has 0 radical (unpaired) electrons. The Morgan fingerprint density at radius 2 is 2.00 bits per heavy atom. The first-order valence-corrected chi connectivity index (χ1v) is 11.6. The van der Waals surface area contributed by atoms with Crippen LogP contribution in [0.25, 0.3) is 0 Å². The van der Waals surface area contributed by atoms with Crippen LogP contribution in [-0.4, -0.2) is 35.3 Å². The van der Waals surface area contributed by atoms with Gasteiger partial charge in [0, 0.05) is 30.6 Å². The van der Waals surface area contributed by atoms with Crippen LogP contribution in [0, 0.1) is 12.8 Å². The Morgan fingerprint density at radius 3 is 2.73 bits per heavy atom. The van der Waals surface area contributed by atoms with Gasteiger partial charge >= 0.3 is 0 Å². The molecule has 2 heteroatoms. The van der Waals surface area contributed by atoms with Crippen molar-refractivity contribution in [3.63, 3.8) is 0 Å². The summed E-state index contributed by atoms with van der Waals surface area (Å²) in [4.78, 5) is 0. The quantitative estimate of drug-likeness (QED) is 0.482. The second kappa shape index (κ2) is 7.89. The number of hydrogen-bond donors (Lipinski definition) is 1. The van der Waals surface area contributed by atoms with Crippen LogP contribution in [0.5, 0.6) is 5.75 Å². The maximum Gasteiger partial charge on any atom is 0.115 e. The number of aromatic hydroxyl groups is 1. The molecule has 2 bridgehead atoms. The molecule has 1 aliphatic heterocycles. The van der Waals surface area contributed by atoms with E-state index in [2.05, 4.69) is 71.0 Å². The van der Waals surface area contributed by atoms with Crippen LogP contribution < -0.4 is 0 Å². The fourth-order valence-corrected chi connectivity index (χ4v) is 6.18. The number of quaternary nitrogens is 1. The third kappa shape index (κ3) is 3.71. The van der Waals surface area contributed by atoms with Crippen LogP contribution in [0.3, 0.4) is 0 Å². The second-order valence-electron chi connectivity index (χ2n) is 10.4. The zero-order chi connectivity index (χ0) is 21.5. The highest BCUT2D eigenvalue weighted by atomic mass is 16.3. The highest BCUT2D eigenvalue weighted by Gasteiger charge is 2.55. The van der Waals surface area contributed by atoms with Gasteiger partial charge in [0.1, 0.15) is 5.75 Å². The smallest absolute Gasteiger partial charge is 0.115 e. The molecule has 2 nitrogen and oxygen atoms in total. The fourth-order valence-electron chi connectivity index (χ4n) is 6.18. The summed E-state index contributed by atoms with van der Waals surface area (Å²) in [5.74, 6) is 1.01. The van der Waals surface area contributed by atoms with E-state index >= 15 is 0 Å². The number of nitrogens with zero attached hydrogens (tertiary/aromatic N) is 1. The average Bonchev–Trinajstić information content (AvgIpc) is 2.70. The molecule has 1 aliphatic carbocycles. The number of fused-ring (bicyclic) bond motifs is 4. The van der Waals surface area contributed by atoms with Crippen molar-refractivity contribution in [3.8, 4) is 5.75 Å². The molecule has 2 aliphatic rings. The van der Waals surface area contributed by atoms with Gasteiger partial charge in [-0.05, 0) is 55.7 Å². The maximum absolute atomic E-state index is 10.2. The standard InChI is InChI=1S/C28H37NO/c1-20(2)11-14-29(15-12-23-8-6-7-21(3)17-23)16-13-28(5)22(4)27(29)18-24-9-10-25(30)19-26(24)28/h6-11,17,19,22,27H,12-16,18H2,1-5H3/p+1. The number of phenolic OH excluding ortho intramolecular Hbond substituents is 1. The summed E-state index contributed by atoms with van der Waals surface area (Å²) in [6.07, 6.45) is 5.92. The van der Waals surface area contributed by atoms with Crippen molar-refractivity contribution in [1.82, 2.24) is 0 Å². The van der Waals surface area contributed by atoms with Gasteiger partial charge in [-0.15, -0.1) is 0 Å². The van der Waals surface area contributed by atoms with Crippen molar-refractivity contribution < 1.29 is 9.59 Å². The highest BCUT2D eigenvalue weighted by molar-refractivity contribution is 5.43. The largest absolute Gasteiger partial charge is 0.508 e. The molecule has 0 saturated carbocycles. The van der Waals surface area contributed by atoms with Crippen molar-refractivity contribution >= 4 is 0 Å². The zero-order valence-electron chi connectivity index (χ0n) is 19.4. The fraction of sp³-hybridized carbons (Fsp3) is 0.500. The Labute approximate surface area is 182 Å². The molecule has 2 aromatic carbocycles. The van der Waals surface area contributed by atoms with E-state index in [9.17, 15) is 5.11 Å². The molecular weight excluding hydrogens is 366 g/mol. The summed E-state index contributed by atoms with van der Waals surface area (Å²) in [7, 11) is 0. The van der Waals surface area contributed by atoms with Gasteiger partial charge in [0.05, 0.1) is 25.7 Å². The lowest BCUT2D eigenvalue weighted by Gasteiger charge is -2.59. The van der Waals surface area contributed by atoms with Crippen LogP contribution in [0.15, 0.2) is 54.1 Å². The normalized spacial score (nSPS) is 29.9. The number of piperidine rings is 1. The zero-order valence-corrected chi connectivity index (χ0v) is 19.4. The Hall–Kier alpha value is -2.06. The Kier molecular flexibility index (Phi) is 5.57. The van der Waals surface area contributed by atoms with Gasteiger partial charge in [0.15, 0.2) is 0 Å². The molecule has 30 heavy (non-hydrogen) atoms. The van der Waals surface area contributed by atoms with Crippen molar-refractivity contribution in [1.29, 1.82) is 0 Å². The van der Waals surface area contributed by atoms with Gasteiger partial charge in [0.2, 0.25) is 0 Å². The number of rotatable bonds is 5. The molecule has 1 N–H and O–H groups in total. The Bertz CT molecular complexity index is 957. The molecule has 0 aromatic heterocycles. The average molecular weight is 405 g/mol. The van der Waals surface area contributed by atoms with Crippen molar-refractivity contribution in [2.75, 3.05) is 19.6 Å². The molecule has 1 heterocycles. The van der Waals surface area contributed by atoms with E-state index in [0.717, 1.165) is 19.4 Å². The molecule has 0 amide bonds. The van der Waals surface area contributed by atoms with Gasteiger partial charge in [-0.25, -0.2) is 0 Å². The van der Waals surface area contributed by atoms with Crippen LogP contribution in [0.2, 0.25) is 0 Å². The third-order valence-corrected chi connectivity index (χ3v) is 8.29. The van der Waals surface area contributed by atoms with E-state index < -0.39 is 0 Å². The molecule has 160 valence electrons. The van der Waals surface area contributed by atoms with Crippen LogP contribution in [0.1, 0.15) is 56.4 Å². The van der Waals surface area contributed by atoms with Crippen molar-refractivity contribution in [2.45, 2.75) is 65.3 Å². The van der Waals surface area contributed by atoms with Crippen molar-refractivity contribution in [2.24, 2.45) is 5.92 Å². The molecule has 4 atom stereocenters. The predicted octanol–water partition coefficient (Wildman–Crippen LogP) is 5.95. The minimum absolute atomic E-state index is 0.160. The van der Waals surface area contributed by atoms with E-state index in [-0.39, 0.29) is 5.41 Å². The number of allylic oxidation sites excluding steroid dienone is 1. The van der Waals surface area contributed by atoms with Crippen LogP contribution >= 0.6 is 0 Å². The van der Waals surface area contributed by atoms with E-state index in [0.29, 0.717) is 17.7 Å². The molecule has 1 fully saturated rings. The first kappa shape index (κ1) is 21.2. The van der Waals surface area contributed by atoms with Gasteiger partial charge in [-0.3, -0.25) is 0 Å². The molecule has 0 spiro atoms. The van der Waals surface area contributed by atoms with E-state index in [1.807, 2.05) is 12.1 Å². The number of likely N-dealkylation sites (tertiary alicyclic amines) is 1. The van der Waals surface area contributed by atoms with Crippen LogP contribution in [0.4, 0.5) is 0 Å². The van der Waals surface area contributed by atoms with Gasteiger partial charge in [0.25, 0.3) is 0 Å². The van der Waals surface area contributed by atoms with Gasteiger partial charge < -0.3 is 9.59 Å². The molecular formula is C28H38NO+. The number of benzene rings is 2. The molecule has 2 aromatic rings. The highest BCUT2D eigenvalue weighted by Crippen LogP contribution is 2.51. The Morgan fingerprint density at radius 1 is 1.20 bits per heavy atom. The summed E-state index contributed by atoms with van der Waals surface area (Å²) in [6, 6.07) is 15.8. The minimum Gasteiger partial charge on any atom is -0.508 e. The first-order valence-electron chi connectivity index (χ1n) is 11.6. The van der Waals surface area contributed by atoms with Crippen LogP contribution in [-0.2, 0) is 18.3 Å². The molecule has 4 rings (SSSR count). The van der Waals surface area contributed by atoms with E-state index in [1.54, 1.807) is 0 Å². The lowest BCUT2D eigenvalue weighted by Crippen LogP contribution is -2.68. The molecule has 4 unspecified atom stereocenters. The minimum atomic E-state index is 0.160. The molecule has 1 saturated heterocycles. The SMILES string of the molecule is CC(C)=CC[N+]1(CCc2cccc(C)c2)CCC2(C)c3cc(O)ccc3CC1C2C. The predicted molar refractivity (Wildman–Crippen MR) is 126 cm³/mol. The first-order chi connectivity index (χ1) is 14.2.